The molecule has 4 aromatic rings. The Morgan fingerprint density at radius 3 is 2.52 bits per heavy atom. The van der Waals surface area contributed by atoms with Gasteiger partial charge in [0.1, 0.15) is 35.5 Å². The van der Waals surface area contributed by atoms with Crippen molar-refractivity contribution in [2.45, 2.75) is 89.0 Å². The predicted octanol–water partition coefficient (Wildman–Crippen LogP) is 8.57. The Hall–Kier alpha value is -4.50. The SMILES string of the molecule is CC(C)C(=O)N1CC[C@@](C)(N(C)c2nc(OC[C@@]34CCCN3C[C@H](F)C4)nc3c(C(F)(F)F)c(-c4ccc(F)c5sc(N)c(C#N)c45)c(C(F)(F)F)cc23)[C@H]1C. The quantitative estimate of drug-likeness (QED) is 0.185. The van der Waals surface area contributed by atoms with Crippen LogP contribution in [0.5, 0.6) is 6.01 Å². The molecular weight excluding hydrogens is 771 g/mol. The summed E-state index contributed by atoms with van der Waals surface area (Å²) >= 11 is 0.528. The maximum Gasteiger partial charge on any atom is 0.419 e. The lowest BCUT2D eigenvalue weighted by molar-refractivity contribution is -0.141. The maximum absolute atomic E-state index is 15.7. The summed E-state index contributed by atoms with van der Waals surface area (Å²) in [4.78, 5) is 26.9. The van der Waals surface area contributed by atoms with Gasteiger partial charge in [-0.3, -0.25) is 9.69 Å². The molecule has 2 aromatic heterocycles. The van der Waals surface area contributed by atoms with E-state index < -0.39 is 96.3 Å². The summed E-state index contributed by atoms with van der Waals surface area (Å²) in [6.45, 7) is 7.77. The monoisotopic (exact) mass is 809 g/mol. The van der Waals surface area contributed by atoms with Gasteiger partial charge in [-0.2, -0.15) is 41.6 Å². The number of alkyl halides is 7. The molecule has 9 nitrogen and oxygen atoms in total. The number of anilines is 2. The maximum atomic E-state index is 15.7. The number of carbonyl (C=O) groups excluding carboxylic acids is 1. The first-order valence-electron chi connectivity index (χ1n) is 18.1. The van der Waals surface area contributed by atoms with Crippen molar-refractivity contribution in [3.05, 3.63) is 40.7 Å². The third-order valence-corrected chi connectivity index (χ3v) is 13.1. The van der Waals surface area contributed by atoms with Crippen molar-refractivity contribution >= 4 is 49.1 Å². The molecule has 2 aromatic carbocycles. The number of thiophene rings is 1. The van der Waals surface area contributed by atoms with Gasteiger partial charge >= 0.3 is 18.4 Å². The number of likely N-dealkylation sites (tertiary alicyclic amines) is 1. The van der Waals surface area contributed by atoms with Crippen LogP contribution in [-0.2, 0) is 17.1 Å². The number of nitriles is 1. The number of nitrogen functional groups attached to an aromatic ring is 1. The number of rotatable bonds is 7. The normalized spacial score (nSPS) is 24.4. The van der Waals surface area contributed by atoms with Crippen LogP contribution in [0.25, 0.3) is 32.1 Å². The highest BCUT2D eigenvalue weighted by Crippen LogP contribution is 2.53. The minimum absolute atomic E-state index is 0.112. The van der Waals surface area contributed by atoms with Gasteiger partial charge in [0.15, 0.2) is 0 Å². The van der Waals surface area contributed by atoms with Crippen LogP contribution in [0.2, 0.25) is 0 Å². The van der Waals surface area contributed by atoms with Gasteiger partial charge < -0.3 is 20.3 Å². The molecule has 3 fully saturated rings. The molecule has 0 aliphatic carbocycles. The molecule has 0 spiro atoms. The zero-order chi connectivity index (χ0) is 40.9. The van der Waals surface area contributed by atoms with Gasteiger partial charge in [0.05, 0.1) is 44.0 Å². The standard InChI is InChI=1S/C38H39F8N7O2S/c1-18(2)33(54)53-12-10-35(4,19(53)3)51(5)32-22-13-24(37(41,42)43)27(21-7-8-25(40)30-26(21)23(15-47)31(48)56-30)28(38(44,45)46)29(22)49-34(50-32)55-17-36-9-6-11-52(36)16-20(39)14-36/h7-8,13,18-20H,6,9-12,14,16-17,48H2,1-5H3/t19-,20-,35-,36+/m1/s1. The van der Waals surface area contributed by atoms with Gasteiger partial charge in [-0.25, -0.2) is 8.78 Å². The number of halogens is 8. The van der Waals surface area contributed by atoms with Crippen molar-refractivity contribution in [1.29, 1.82) is 5.26 Å². The lowest BCUT2D eigenvalue weighted by Gasteiger charge is -2.42. The van der Waals surface area contributed by atoms with Gasteiger partial charge in [0.25, 0.3) is 0 Å². The number of likely N-dealkylation sites (N-methyl/N-ethyl adjacent to an activating group) is 1. The number of benzene rings is 2. The highest BCUT2D eigenvalue weighted by molar-refractivity contribution is 7.23. The predicted molar refractivity (Wildman–Crippen MR) is 195 cm³/mol. The van der Waals surface area contributed by atoms with E-state index >= 15 is 30.7 Å². The van der Waals surface area contributed by atoms with Crippen LogP contribution < -0.4 is 15.4 Å². The van der Waals surface area contributed by atoms with E-state index in [1.807, 2.05) is 4.90 Å². The van der Waals surface area contributed by atoms with Crippen molar-refractivity contribution in [3.63, 3.8) is 0 Å². The zero-order valence-corrected chi connectivity index (χ0v) is 31.9. The number of carbonyl (C=O) groups is 1. The molecule has 3 aliphatic rings. The summed E-state index contributed by atoms with van der Waals surface area (Å²) in [7, 11) is 1.48. The Morgan fingerprint density at radius 1 is 1.16 bits per heavy atom. The van der Waals surface area contributed by atoms with Crippen molar-refractivity contribution < 1.29 is 44.7 Å². The van der Waals surface area contributed by atoms with E-state index in [0.717, 1.165) is 18.6 Å². The molecule has 0 saturated carbocycles. The van der Waals surface area contributed by atoms with Crippen LogP contribution in [0.15, 0.2) is 18.2 Å². The first-order chi connectivity index (χ1) is 26.1. The molecule has 0 radical (unpaired) electrons. The third-order valence-electron chi connectivity index (χ3n) is 12.1. The number of hydrogen-bond donors (Lipinski definition) is 1. The Balaban J connectivity index is 1.53. The summed E-state index contributed by atoms with van der Waals surface area (Å²) in [5.41, 5.74) is -2.93. The molecule has 3 saturated heterocycles. The molecule has 0 bridgehead atoms. The lowest BCUT2D eigenvalue weighted by atomic mass is 9.87. The minimum Gasteiger partial charge on any atom is -0.461 e. The fourth-order valence-electron chi connectivity index (χ4n) is 8.89. The number of fused-ring (bicyclic) bond motifs is 3. The van der Waals surface area contributed by atoms with E-state index in [-0.39, 0.29) is 48.8 Å². The number of amides is 1. The highest BCUT2D eigenvalue weighted by Gasteiger charge is 2.51. The van der Waals surface area contributed by atoms with Crippen molar-refractivity contribution in [3.8, 4) is 23.2 Å². The first kappa shape index (κ1) is 39.7. The van der Waals surface area contributed by atoms with Crippen LogP contribution >= 0.6 is 11.3 Å². The van der Waals surface area contributed by atoms with Crippen LogP contribution in [0.4, 0.5) is 45.9 Å². The van der Waals surface area contributed by atoms with Gasteiger partial charge in [-0.05, 0) is 57.4 Å². The van der Waals surface area contributed by atoms with E-state index in [1.165, 1.54) is 11.9 Å². The van der Waals surface area contributed by atoms with E-state index in [2.05, 4.69) is 9.97 Å². The van der Waals surface area contributed by atoms with Crippen molar-refractivity contribution in [1.82, 2.24) is 19.8 Å². The number of nitrogens with zero attached hydrogens (tertiary/aromatic N) is 6. The second-order valence-electron chi connectivity index (χ2n) is 15.5. The van der Waals surface area contributed by atoms with E-state index in [4.69, 9.17) is 10.5 Å². The molecule has 7 rings (SSSR count). The highest BCUT2D eigenvalue weighted by atomic mass is 32.1. The van der Waals surface area contributed by atoms with Crippen LogP contribution in [0.3, 0.4) is 0 Å². The molecule has 4 atom stereocenters. The third kappa shape index (κ3) is 6.25. The van der Waals surface area contributed by atoms with E-state index in [0.29, 0.717) is 36.8 Å². The van der Waals surface area contributed by atoms with Gasteiger partial charge in [-0.1, -0.05) is 19.9 Å². The fraction of sp³-hybridized carbons (Fsp3) is 0.526. The summed E-state index contributed by atoms with van der Waals surface area (Å²) in [5.74, 6) is -1.86. The largest absolute Gasteiger partial charge is 0.461 e. The molecule has 3 aliphatic heterocycles. The van der Waals surface area contributed by atoms with E-state index in [9.17, 15) is 14.4 Å². The summed E-state index contributed by atoms with van der Waals surface area (Å²) in [5, 5.41) is 8.51. The molecule has 0 unspecified atom stereocenters. The average Bonchev–Trinajstić information content (AvgIpc) is 3.84. The Bertz CT molecular complexity index is 2290. The zero-order valence-electron chi connectivity index (χ0n) is 31.1. The molecule has 18 heteroatoms. The smallest absolute Gasteiger partial charge is 0.419 e. The van der Waals surface area contributed by atoms with Crippen molar-refractivity contribution in [2.75, 3.05) is 43.9 Å². The van der Waals surface area contributed by atoms with Crippen LogP contribution in [0.1, 0.15) is 70.1 Å². The fourth-order valence-corrected chi connectivity index (χ4v) is 9.84. The molecule has 2 N–H and O–H groups in total. The molecule has 300 valence electrons. The molecule has 56 heavy (non-hydrogen) atoms. The summed E-state index contributed by atoms with van der Waals surface area (Å²) < 4.78 is 129. The van der Waals surface area contributed by atoms with Gasteiger partial charge in [-0.15, -0.1) is 11.3 Å². The number of nitrogens with two attached hydrogens (primary N) is 1. The number of aromatic nitrogens is 2. The van der Waals surface area contributed by atoms with Crippen LogP contribution in [0, 0.1) is 23.1 Å². The topological polar surface area (TPSA) is 112 Å². The first-order valence-corrected chi connectivity index (χ1v) is 18.9. The number of hydrogen-bond acceptors (Lipinski definition) is 9. The Morgan fingerprint density at radius 2 is 1.88 bits per heavy atom. The van der Waals surface area contributed by atoms with Crippen molar-refractivity contribution in [2.24, 2.45) is 5.92 Å². The second kappa shape index (κ2) is 13.6. The van der Waals surface area contributed by atoms with Crippen LogP contribution in [-0.4, -0.2) is 82.3 Å². The minimum atomic E-state index is -5.52. The second-order valence-corrected chi connectivity index (χ2v) is 16.6. The molecular formula is C38H39F8N7O2S. The molecule has 5 heterocycles. The molecule has 1 amide bonds. The lowest BCUT2D eigenvalue weighted by Crippen LogP contribution is -2.54. The average molecular weight is 810 g/mol. The summed E-state index contributed by atoms with van der Waals surface area (Å²) in [6.07, 6.45) is -10.4. The van der Waals surface area contributed by atoms with Gasteiger partial charge in [0, 0.05) is 48.8 Å². The van der Waals surface area contributed by atoms with E-state index in [1.54, 1.807) is 38.7 Å². The summed E-state index contributed by atoms with van der Waals surface area (Å²) in [6, 6.07) is 2.60. The Kier molecular flexibility index (Phi) is 9.62. The van der Waals surface area contributed by atoms with Gasteiger partial charge in [0.2, 0.25) is 5.91 Å². The Labute approximate surface area is 321 Å². The number of ether oxygens (including phenoxy) is 1.